The lowest BCUT2D eigenvalue weighted by atomic mass is 9.87. The van der Waals surface area contributed by atoms with Crippen LogP contribution in [0.15, 0.2) is 46.4 Å². The summed E-state index contributed by atoms with van der Waals surface area (Å²) >= 11 is 1.28. The molecule has 0 bridgehead atoms. The van der Waals surface area contributed by atoms with Gasteiger partial charge in [-0.2, -0.15) is 0 Å². The van der Waals surface area contributed by atoms with Crippen LogP contribution in [0.4, 0.5) is 10.8 Å². The van der Waals surface area contributed by atoms with Crippen LogP contribution in [0.5, 0.6) is 0 Å². The SMILES string of the molecule is Cc1occc1C(=O)Nc1nc(CC(=O)Nc2ccc(C(C)(C)C)cc2)cs1. The molecule has 0 aliphatic heterocycles. The highest BCUT2D eigenvalue weighted by molar-refractivity contribution is 7.14. The molecule has 7 heteroatoms. The first-order valence-corrected chi connectivity index (χ1v) is 9.80. The Hall–Kier alpha value is -2.93. The number of nitrogens with one attached hydrogen (secondary N) is 2. The number of hydrogen-bond acceptors (Lipinski definition) is 5. The Balaban J connectivity index is 1.56. The van der Waals surface area contributed by atoms with Crippen LogP contribution in [0.3, 0.4) is 0 Å². The zero-order valence-corrected chi connectivity index (χ0v) is 17.1. The van der Waals surface area contributed by atoms with Crippen molar-refractivity contribution in [2.75, 3.05) is 10.6 Å². The summed E-state index contributed by atoms with van der Waals surface area (Å²) in [6, 6.07) is 9.45. The van der Waals surface area contributed by atoms with E-state index in [0.717, 1.165) is 5.69 Å². The summed E-state index contributed by atoms with van der Waals surface area (Å²) in [5.41, 5.74) is 3.09. The van der Waals surface area contributed by atoms with Gasteiger partial charge in [-0.15, -0.1) is 11.3 Å². The lowest BCUT2D eigenvalue weighted by molar-refractivity contribution is -0.115. The fourth-order valence-electron chi connectivity index (χ4n) is 2.65. The fourth-order valence-corrected chi connectivity index (χ4v) is 3.36. The van der Waals surface area contributed by atoms with E-state index in [9.17, 15) is 9.59 Å². The maximum absolute atomic E-state index is 12.3. The fraction of sp³-hybridized carbons (Fsp3) is 0.286. The normalized spacial score (nSPS) is 11.3. The summed E-state index contributed by atoms with van der Waals surface area (Å²) in [6.07, 6.45) is 1.61. The van der Waals surface area contributed by atoms with E-state index in [1.54, 1.807) is 18.4 Å². The van der Waals surface area contributed by atoms with Crippen LogP contribution in [0.25, 0.3) is 0 Å². The number of aromatic nitrogens is 1. The van der Waals surface area contributed by atoms with Crippen molar-refractivity contribution in [1.82, 2.24) is 4.98 Å². The number of thiazole rings is 1. The average molecular weight is 398 g/mol. The van der Waals surface area contributed by atoms with Gasteiger partial charge in [-0.25, -0.2) is 4.98 Å². The zero-order chi connectivity index (χ0) is 20.3. The highest BCUT2D eigenvalue weighted by Crippen LogP contribution is 2.24. The number of rotatable bonds is 5. The third kappa shape index (κ3) is 4.86. The monoisotopic (exact) mass is 397 g/mol. The van der Waals surface area contributed by atoms with Crippen LogP contribution in [0, 0.1) is 6.92 Å². The van der Waals surface area contributed by atoms with Gasteiger partial charge in [-0.1, -0.05) is 32.9 Å². The van der Waals surface area contributed by atoms with Crippen LogP contribution in [-0.4, -0.2) is 16.8 Å². The Kier molecular flexibility index (Phi) is 5.65. The summed E-state index contributed by atoms with van der Waals surface area (Å²) in [4.78, 5) is 28.8. The van der Waals surface area contributed by atoms with E-state index in [1.807, 2.05) is 24.3 Å². The van der Waals surface area contributed by atoms with Gasteiger partial charge in [-0.05, 0) is 36.1 Å². The number of carbonyl (C=O) groups excluding carboxylic acids is 2. The van der Waals surface area contributed by atoms with Gasteiger partial charge in [-0.3, -0.25) is 14.9 Å². The Morgan fingerprint density at radius 2 is 1.82 bits per heavy atom. The molecule has 2 N–H and O–H groups in total. The highest BCUT2D eigenvalue weighted by atomic mass is 32.1. The van der Waals surface area contributed by atoms with Crippen molar-refractivity contribution in [3.63, 3.8) is 0 Å². The Morgan fingerprint density at radius 1 is 1.11 bits per heavy atom. The predicted molar refractivity (Wildman–Crippen MR) is 111 cm³/mol. The largest absolute Gasteiger partial charge is 0.469 e. The molecule has 2 aromatic heterocycles. The van der Waals surface area contributed by atoms with Crippen molar-refractivity contribution < 1.29 is 14.0 Å². The minimum atomic E-state index is -0.282. The molecule has 0 atom stereocenters. The second-order valence-electron chi connectivity index (χ2n) is 7.54. The number of anilines is 2. The minimum absolute atomic E-state index is 0.0684. The number of aryl methyl sites for hydroxylation is 1. The first kappa shape index (κ1) is 19.8. The zero-order valence-electron chi connectivity index (χ0n) is 16.3. The molecule has 0 saturated carbocycles. The van der Waals surface area contributed by atoms with Crippen LogP contribution in [0.1, 0.15) is 48.1 Å². The van der Waals surface area contributed by atoms with Crippen molar-refractivity contribution >= 4 is 34.0 Å². The Bertz CT molecular complexity index is 981. The molecule has 0 aliphatic rings. The maximum atomic E-state index is 12.3. The molecule has 1 aromatic carbocycles. The molecule has 0 spiro atoms. The lowest BCUT2D eigenvalue weighted by Gasteiger charge is -2.19. The molecule has 3 rings (SSSR count). The van der Waals surface area contributed by atoms with Gasteiger partial charge in [0.2, 0.25) is 5.91 Å². The van der Waals surface area contributed by atoms with E-state index in [1.165, 1.54) is 23.2 Å². The van der Waals surface area contributed by atoms with Crippen LogP contribution in [0.2, 0.25) is 0 Å². The number of benzene rings is 1. The summed E-state index contributed by atoms with van der Waals surface area (Å²) in [5.74, 6) is 0.110. The number of nitrogens with zero attached hydrogens (tertiary/aromatic N) is 1. The van der Waals surface area contributed by atoms with Crippen LogP contribution >= 0.6 is 11.3 Å². The summed E-state index contributed by atoms with van der Waals surface area (Å²) in [5, 5.41) is 7.81. The lowest BCUT2D eigenvalue weighted by Crippen LogP contribution is -2.16. The van der Waals surface area contributed by atoms with Crippen molar-refractivity contribution in [3.05, 3.63) is 64.6 Å². The van der Waals surface area contributed by atoms with Gasteiger partial charge < -0.3 is 9.73 Å². The van der Waals surface area contributed by atoms with E-state index >= 15 is 0 Å². The Morgan fingerprint density at radius 3 is 2.43 bits per heavy atom. The molecule has 0 saturated heterocycles. The van der Waals surface area contributed by atoms with Crippen molar-refractivity contribution in [1.29, 1.82) is 0 Å². The molecular weight excluding hydrogens is 374 g/mol. The standard InChI is InChI=1S/C21H23N3O3S/c1-13-17(9-10-27-13)19(26)24-20-23-16(12-28-20)11-18(25)22-15-7-5-14(6-8-15)21(2,3)4/h5-10,12H,11H2,1-4H3,(H,22,25)(H,23,24,26). The first-order chi connectivity index (χ1) is 13.2. The van der Waals surface area contributed by atoms with E-state index in [-0.39, 0.29) is 23.7 Å². The maximum Gasteiger partial charge on any atom is 0.260 e. The summed E-state index contributed by atoms with van der Waals surface area (Å²) in [7, 11) is 0. The quantitative estimate of drug-likeness (QED) is 0.649. The summed E-state index contributed by atoms with van der Waals surface area (Å²) in [6.45, 7) is 8.16. The second-order valence-corrected chi connectivity index (χ2v) is 8.40. The van der Waals surface area contributed by atoms with Gasteiger partial charge in [0.05, 0.1) is 23.9 Å². The molecule has 2 heterocycles. The Labute approximate surface area is 168 Å². The molecule has 3 aromatic rings. The van der Waals surface area contributed by atoms with Gasteiger partial charge in [0.25, 0.3) is 5.91 Å². The summed E-state index contributed by atoms with van der Waals surface area (Å²) < 4.78 is 5.13. The number of amides is 2. The highest BCUT2D eigenvalue weighted by Gasteiger charge is 2.15. The van der Waals surface area contributed by atoms with Gasteiger partial charge >= 0.3 is 0 Å². The van der Waals surface area contributed by atoms with E-state index in [2.05, 4.69) is 36.4 Å². The number of furan rings is 1. The van der Waals surface area contributed by atoms with E-state index in [0.29, 0.717) is 22.1 Å². The molecule has 0 radical (unpaired) electrons. The molecule has 146 valence electrons. The molecule has 2 amide bonds. The van der Waals surface area contributed by atoms with Crippen LogP contribution < -0.4 is 10.6 Å². The molecule has 0 fully saturated rings. The second kappa shape index (κ2) is 7.98. The molecule has 0 aliphatic carbocycles. The number of carbonyl (C=O) groups is 2. The molecule has 28 heavy (non-hydrogen) atoms. The van der Waals surface area contributed by atoms with Crippen molar-refractivity contribution in [2.24, 2.45) is 0 Å². The smallest absolute Gasteiger partial charge is 0.260 e. The van der Waals surface area contributed by atoms with E-state index < -0.39 is 0 Å². The van der Waals surface area contributed by atoms with Crippen molar-refractivity contribution in [2.45, 2.75) is 39.5 Å². The van der Waals surface area contributed by atoms with Crippen LogP contribution in [-0.2, 0) is 16.6 Å². The number of hydrogen-bond donors (Lipinski definition) is 2. The van der Waals surface area contributed by atoms with Gasteiger partial charge in [0.1, 0.15) is 5.76 Å². The van der Waals surface area contributed by atoms with Gasteiger partial charge in [0.15, 0.2) is 5.13 Å². The molecule has 0 unspecified atom stereocenters. The van der Waals surface area contributed by atoms with E-state index in [4.69, 9.17) is 4.42 Å². The topological polar surface area (TPSA) is 84.2 Å². The van der Waals surface area contributed by atoms with Gasteiger partial charge in [0, 0.05) is 11.1 Å². The third-order valence-corrected chi connectivity index (χ3v) is 5.06. The van der Waals surface area contributed by atoms with Crippen molar-refractivity contribution in [3.8, 4) is 0 Å². The average Bonchev–Trinajstić information content (AvgIpc) is 3.23. The minimum Gasteiger partial charge on any atom is -0.469 e. The molecular formula is C21H23N3O3S. The predicted octanol–water partition coefficient (Wildman–Crippen LogP) is 4.78. The first-order valence-electron chi connectivity index (χ1n) is 8.92. The third-order valence-electron chi connectivity index (χ3n) is 4.25. The molecule has 6 nitrogen and oxygen atoms in total.